The van der Waals surface area contributed by atoms with Crippen LogP contribution in [0.4, 0.5) is 0 Å². The van der Waals surface area contributed by atoms with Gasteiger partial charge in [0, 0.05) is 30.6 Å². The van der Waals surface area contributed by atoms with Crippen LogP contribution in [-0.2, 0) is 11.3 Å². The van der Waals surface area contributed by atoms with Crippen LogP contribution in [0, 0.1) is 0 Å². The minimum absolute atomic E-state index is 0.0554. The Morgan fingerprint density at radius 3 is 2.29 bits per heavy atom. The molecule has 0 aliphatic carbocycles. The van der Waals surface area contributed by atoms with Crippen LogP contribution in [0.2, 0.25) is 0 Å². The van der Waals surface area contributed by atoms with Crippen LogP contribution in [0.25, 0.3) is 0 Å². The Labute approximate surface area is 147 Å². The Bertz CT molecular complexity index is 679. The summed E-state index contributed by atoms with van der Waals surface area (Å²) in [6.07, 6.45) is 1.58. The van der Waals surface area contributed by atoms with E-state index in [4.69, 9.17) is 9.47 Å². The first kappa shape index (κ1) is 17.9. The third kappa shape index (κ3) is 5.35. The van der Waals surface area contributed by atoms with Crippen molar-refractivity contribution in [3.8, 4) is 11.5 Å². The maximum atomic E-state index is 12.2. The maximum Gasteiger partial charge on any atom is 0.247 e. The van der Waals surface area contributed by atoms with E-state index in [1.54, 1.807) is 37.7 Å². The second kappa shape index (κ2) is 9.03. The number of hydrogen-bond acceptors (Lipinski definition) is 4. The van der Waals surface area contributed by atoms with Gasteiger partial charge in [-0.15, -0.1) is 0 Å². The highest BCUT2D eigenvalue weighted by molar-refractivity contribution is 8.02. The SMILES string of the molecule is COc1cc(CN(C)C(=O)/C=C\Sc2ccccc2)cc(OC)c1. The fourth-order valence-electron chi connectivity index (χ4n) is 2.11. The lowest BCUT2D eigenvalue weighted by molar-refractivity contribution is -0.125. The molecule has 5 heteroatoms. The molecule has 2 rings (SSSR count). The van der Waals surface area contributed by atoms with E-state index in [1.165, 1.54) is 11.8 Å². The molecule has 126 valence electrons. The highest BCUT2D eigenvalue weighted by Gasteiger charge is 2.08. The van der Waals surface area contributed by atoms with E-state index in [0.29, 0.717) is 18.0 Å². The predicted molar refractivity (Wildman–Crippen MR) is 97.5 cm³/mol. The van der Waals surface area contributed by atoms with E-state index in [0.717, 1.165) is 10.5 Å². The lowest BCUT2D eigenvalue weighted by Crippen LogP contribution is -2.24. The van der Waals surface area contributed by atoms with Gasteiger partial charge in [-0.25, -0.2) is 0 Å². The van der Waals surface area contributed by atoms with Gasteiger partial charge in [-0.05, 0) is 35.2 Å². The van der Waals surface area contributed by atoms with Gasteiger partial charge in [0.05, 0.1) is 14.2 Å². The summed E-state index contributed by atoms with van der Waals surface area (Å²) in [4.78, 5) is 15.0. The quantitative estimate of drug-likeness (QED) is 0.563. The molecule has 0 heterocycles. The molecule has 24 heavy (non-hydrogen) atoms. The Morgan fingerprint density at radius 1 is 1.08 bits per heavy atom. The average molecular weight is 343 g/mol. The molecule has 0 N–H and O–H groups in total. The first-order chi connectivity index (χ1) is 11.6. The maximum absolute atomic E-state index is 12.2. The van der Waals surface area contributed by atoms with E-state index in [-0.39, 0.29) is 5.91 Å². The van der Waals surface area contributed by atoms with Gasteiger partial charge in [-0.2, -0.15) is 0 Å². The molecule has 1 amide bonds. The second-order valence-corrected chi connectivity index (χ2v) is 6.13. The van der Waals surface area contributed by atoms with Gasteiger partial charge in [0.2, 0.25) is 5.91 Å². The topological polar surface area (TPSA) is 38.8 Å². The van der Waals surface area contributed by atoms with Gasteiger partial charge in [-0.1, -0.05) is 30.0 Å². The molecule has 2 aromatic carbocycles. The molecule has 4 nitrogen and oxygen atoms in total. The average Bonchev–Trinajstić information content (AvgIpc) is 2.62. The first-order valence-electron chi connectivity index (χ1n) is 7.47. The summed E-state index contributed by atoms with van der Waals surface area (Å²) in [5, 5.41) is 1.81. The zero-order valence-corrected chi connectivity index (χ0v) is 14.9. The van der Waals surface area contributed by atoms with Gasteiger partial charge in [0.25, 0.3) is 0 Å². The molecule has 0 aromatic heterocycles. The third-order valence-electron chi connectivity index (χ3n) is 3.37. The molecule has 0 radical (unpaired) electrons. The highest BCUT2D eigenvalue weighted by Crippen LogP contribution is 2.23. The molecule has 0 unspecified atom stereocenters. The minimum Gasteiger partial charge on any atom is -0.497 e. The molecule has 0 spiro atoms. The van der Waals surface area contributed by atoms with Gasteiger partial charge in [0.15, 0.2) is 0 Å². The lowest BCUT2D eigenvalue weighted by atomic mass is 10.2. The Kier molecular flexibility index (Phi) is 6.75. The molecule has 0 aliphatic rings. The van der Waals surface area contributed by atoms with Crippen molar-refractivity contribution in [1.29, 1.82) is 0 Å². The molecule has 2 aromatic rings. The van der Waals surface area contributed by atoms with Crippen molar-refractivity contribution in [2.45, 2.75) is 11.4 Å². The lowest BCUT2D eigenvalue weighted by Gasteiger charge is -2.16. The third-order valence-corrected chi connectivity index (χ3v) is 4.18. The van der Waals surface area contributed by atoms with E-state index >= 15 is 0 Å². The van der Waals surface area contributed by atoms with Crippen molar-refractivity contribution < 1.29 is 14.3 Å². The second-order valence-electron chi connectivity index (χ2n) is 5.15. The van der Waals surface area contributed by atoms with E-state index in [2.05, 4.69) is 0 Å². The molecule has 0 bridgehead atoms. The molecule has 0 aliphatic heterocycles. The summed E-state index contributed by atoms with van der Waals surface area (Å²) in [7, 11) is 4.99. The number of hydrogen-bond donors (Lipinski definition) is 0. The Morgan fingerprint density at radius 2 is 1.71 bits per heavy atom. The van der Waals surface area contributed by atoms with Crippen LogP contribution < -0.4 is 9.47 Å². The monoisotopic (exact) mass is 343 g/mol. The summed E-state index contributed by atoms with van der Waals surface area (Å²) in [5.74, 6) is 1.36. The Hall–Kier alpha value is -2.40. The van der Waals surface area contributed by atoms with Gasteiger partial charge in [-0.3, -0.25) is 4.79 Å². The fraction of sp³-hybridized carbons (Fsp3) is 0.211. The molecular weight excluding hydrogens is 322 g/mol. The van der Waals surface area contributed by atoms with Crippen LogP contribution in [-0.4, -0.2) is 32.1 Å². The molecule has 0 saturated heterocycles. The van der Waals surface area contributed by atoms with Crippen LogP contribution in [0.3, 0.4) is 0 Å². The number of ether oxygens (including phenoxy) is 2. The van der Waals surface area contributed by atoms with Crippen molar-refractivity contribution >= 4 is 17.7 Å². The van der Waals surface area contributed by atoms with Crippen LogP contribution >= 0.6 is 11.8 Å². The smallest absolute Gasteiger partial charge is 0.247 e. The number of carbonyl (C=O) groups is 1. The zero-order valence-electron chi connectivity index (χ0n) is 14.1. The number of methoxy groups -OCH3 is 2. The number of nitrogens with zero attached hydrogens (tertiary/aromatic N) is 1. The number of likely N-dealkylation sites (N-methyl/N-ethyl adjacent to an activating group) is 1. The molecule has 0 atom stereocenters. The van der Waals surface area contributed by atoms with Gasteiger partial charge < -0.3 is 14.4 Å². The van der Waals surface area contributed by atoms with Crippen molar-refractivity contribution in [3.05, 3.63) is 65.6 Å². The molecule has 0 fully saturated rings. The molecular formula is C19H21NO3S. The number of benzene rings is 2. The number of amides is 1. The summed E-state index contributed by atoms with van der Waals surface area (Å²) in [6, 6.07) is 15.5. The predicted octanol–water partition coefficient (Wildman–Crippen LogP) is 3.97. The molecule has 0 saturated carbocycles. The van der Waals surface area contributed by atoms with Crippen molar-refractivity contribution in [1.82, 2.24) is 4.90 Å². The normalized spacial score (nSPS) is 10.6. The highest BCUT2D eigenvalue weighted by atomic mass is 32.2. The standard InChI is InChI=1S/C19H21NO3S/c1-20(14-15-11-16(22-2)13-17(12-15)23-3)19(21)9-10-24-18-7-5-4-6-8-18/h4-13H,14H2,1-3H3/b10-9-. The van der Waals surface area contributed by atoms with Crippen molar-refractivity contribution in [2.24, 2.45) is 0 Å². The van der Waals surface area contributed by atoms with Crippen molar-refractivity contribution in [2.75, 3.05) is 21.3 Å². The minimum atomic E-state index is -0.0554. The summed E-state index contributed by atoms with van der Waals surface area (Å²) >= 11 is 1.52. The fourth-order valence-corrected chi connectivity index (χ4v) is 2.76. The van der Waals surface area contributed by atoms with Crippen LogP contribution in [0.15, 0.2) is 64.9 Å². The zero-order chi connectivity index (χ0) is 17.4. The van der Waals surface area contributed by atoms with Crippen LogP contribution in [0.5, 0.6) is 11.5 Å². The summed E-state index contributed by atoms with van der Waals surface area (Å²) < 4.78 is 10.5. The summed E-state index contributed by atoms with van der Waals surface area (Å²) in [5.41, 5.74) is 0.950. The number of thioether (sulfide) groups is 1. The summed E-state index contributed by atoms with van der Waals surface area (Å²) in [6.45, 7) is 0.479. The van der Waals surface area contributed by atoms with E-state index in [1.807, 2.05) is 48.5 Å². The van der Waals surface area contributed by atoms with E-state index < -0.39 is 0 Å². The van der Waals surface area contributed by atoms with Gasteiger partial charge in [0.1, 0.15) is 11.5 Å². The largest absolute Gasteiger partial charge is 0.497 e. The number of rotatable bonds is 7. The van der Waals surface area contributed by atoms with Crippen molar-refractivity contribution in [3.63, 3.8) is 0 Å². The Balaban J connectivity index is 1.96. The van der Waals surface area contributed by atoms with Gasteiger partial charge >= 0.3 is 0 Å². The number of carbonyl (C=O) groups excluding carboxylic acids is 1. The van der Waals surface area contributed by atoms with E-state index in [9.17, 15) is 4.79 Å². The first-order valence-corrected chi connectivity index (χ1v) is 8.35. The van der Waals surface area contributed by atoms with Crippen LogP contribution in [0.1, 0.15) is 5.56 Å².